The monoisotopic (exact) mass is 446 g/mol. The first-order valence-electron chi connectivity index (χ1n) is 11.4. The third-order valence-corrected chi connectivity index (χ3v) is 9.46. The average Bonchev–Trinajstić information content (AvgIpc) is 2.98. The third-order valence-electron chi connectivity index (χ3n) is 6.83. The Labute approximate surface area is 183 Å². The lowest BCUT2D eigenvalue weighted by Crippen LogP contribution is -2.58. The molecule has 1 saturated carbocycles. The summed E-state index contributed by atoms with van der Waals surface area (Å²) in [4.78, 5) is 40.0. The minimum absolute atomic E-state index is 0.00387. The van der Waals surface area contributed by atoms with Crippen molar-refractivity contribution in [3.8, 4) is 0 Å². The van der Waals surface area contributed by atoms with E-state index in [9.17, 15) is 22.8 Å². The summed E-state index contributed by atoms with van der Waals surface area (Å²) in [5.74, 6) is -0.499. The van der Waals surface area contributed by atoms with Gasteiger partial charge in [0.2, 0.25) is 5.91 Å². The Hall–Kier alpha value is -2.22. The maximum atomic E-state index is 12.7. The largest absolute Gasteiger partial charge is 0.340 e. The number of nitrogens with zero attached hydrogens (tertiary/aromatic N) is 2. The Morgan fingerprint density at radius 3 is 2.10 bits per heavy atom. The average molecular weight is 447 g/mol. The van der Waals surface area contributed by atoms with Crippen molar-refractivity contribution in [1.82, 2.24) is 9.80 Å². The number of likely N-dealkylation sites (tertiary alicyclic amines) is 1. The van der Waals surface area contributed by atoms with Crippen LogP contribution in [0.2, 0.25) is 0 Å². The van der Waals surface area contributed by atoms with E-state index in [4.69, 9.17) is 0 Å². The number of sulfone groups is 1. The van der Waals surface area contributed by atoms with Gasteiger partial charge in [0.15, 0.2) is 9.84 Å². The standard InChI is InChI=1S/C23H30N2O5S/c26-21(24-15-18(16-24)31(29,30)17-9-3-1-4-10-17)13-5-2-8-14-25-22(27)19-11-6-7-12-20(19)23(25)28/h6-7,11-12,17-18H,1-5,8-10,13-16H2. The molecule has 0 bridgehead atoms. The number of hydrogen-bond donors (Lipinski definition) is 0. The molecule has 2 fully saturated rings. The van der Waals surface area contributed by atoms with Crippen molar-refractivity contribution in [1.29, 1.82) is 0 Å². The molecule has 0 N–H and O–H groups in total. The van der Waals surface area contributed by atoms with Gasteiger partial charge in [-0.1, -0.05) is 37.8 Å². The van der Waals surface area contributed by atoms with Crippen molar-refractivity contribution >= 4 is 27.6 Å². The molecule has 1 aromatic rings. The van der Waals surface area contributed by atoms with Crippen LogP contribution in [-0.2, 0) is 14.6 Å². The van der Waals surface area contributed by atoms with E-state index in [1.165, 1.54) is 4.90 Å². The van der Waals surface area contributed by atoms with Crippen LogP contribution in [0.15, 0.2) is 24.3 Å². The van der Waals surface area contributed by atoms with Crippen LogP contribution in [-0.4, -0.2) is 66.1 Å². The second-order valence-electron chi connectivity index (χ2n) is 8.89. The van der Waals surface area contributed by atoms with E-state index in [1.807, 2.05) is 0 Å². The zero-order valence-electron chi connectivity index (χ0n) is 17.8. The quantitative estimate of drug-likeness (QED) is 0.452. The molecule has 0 spiro atoms. The van der Waals surface area contributed by atoms with Crippen LogP contribution < -0.4 is 0 Å². The van der Waals surface area contributed by atoms with Crippen molar-refractivity contribution in [2.45, 2.75) is 68.3 Å². The van der Waals surface area contributed by atoms with Crippen molar-refractivity contribution in [2.24, 2.45) is 0 Å². The molecule has 2 heterocycles. The van der Waals surface area contributed by atoms with Crippen molar-refractivity contribution in [3.05, 3.63) is 35.4 Å². The van der Waals surface area contributed by atoms with Gasteiger partial charge < -0.3 is 4.90 Å². The number of unbranched alkanes of at least 4 members (excludes halogenated alkanes) is 2. The first-order valence-corrected chi connectivity index (χ1v) is 13.0. The number of imide groups is 1. The molecular formula is C23H30N2O5S. The van der Waals surface area contributed by atoms with E-state index in [0.717, 1.165) is 38.5 Å². The van der Waals surface area contributed by atoms with E-state index in [0.29, 0.717) is 50.0 Å². The van der Waals surface area contributed by atoms with Crippen molar-refractivity contribution in [3.63, 3.8) is 0 Å². The fourth-order valence-corrected chi connectivity index (χ4v) is 7.15. The molecule has 2 aliphatic heterocycles. The Kier molecular flexibility index (Phi) is 6.46. The summed E-state index contributed by atoms with van der Waals surface area (Å²) < 4.78 is 25.4. The molecule has 4 rings (SSSR count). The van der Waals surface area contributed by atoms with Gasteiger partial charge >= 0.3 is 0 Å². The Morgan fingerprint density at radius 2 is 1.48 bits per heavy atom. The molecule has 0 unspecified atom stereocenters. The van der Waals surface area contributed by atoms with Gasteiger partial charge in [-0.25, -0.2) is 8.42 Å². The summed E-state index contributed by atoms with van der Waals surface area (Å²) in [6.45, 7) is 1.01. The highest BCUT2D eigenvalue weighted by atomic mass is 32.2. The second-order valence-corrected chi connectivity index (χ2v) is 11.4. The summed E-state index contributed by atoms with van der Waals surface area (Å²) in [6, 6.07) is 6.84. The number of hydrogen-bond acceptors (Lipinski definition) is 5. The van der Waals surface area contributed by atoms with Crippen LogP contribution in [0.1, 0.15) is 78.5 Å². The molecule has 7 nitrogen and oxygen atoms in total. The number of amides is 3. The number of rotatable bonds is 8. The highest BCUT2D eigenvalue weighted by Crippen LogP contribution is 2.30. The highest BCUT2D eigenvalue weighted by Gasteiger charge is 2.43. The first kappa shape index (κ1) is 22.0. The van der Waals surface area contributed by atoms with Gasteiger partial charge in [-0.3, -0.25) is 19.3 Å². The van der Waals surface area contributed by atoms with Gasteiger partial charge in [0.05, 0.1) is 21.6 Å². The molecule has 0 atom stereocenters. The minimum Gasteiger partial charge on any atom is -0.340 e. The van der Waals surface area contributed by atoms with Crippen LogP contribution in [0.3, 0.4) is 0 Å². The summed E-state index contributed by atoms with van der Waals surface area (Å²) in [5, 5.41) is -0.612. The topological polar surface area (TPSA) is 91.8 Å². The highest BCUT2D eigenvalue weighted by molar-refractivity contribution is 7.92. The van der Waals surface area contributed by atoms with Gasteiger partial charge in [-0.2, -0.15) is 0 Å². The lowest BCUT2D eigenvalue weighted by molar-refractivity contribution is -0.134. The van der Waals surface area contributed by atoms with Gasteiger partial charge in [0.25, 0.3) is 11.8 Å². The summed E-state index contributed by atoms with van der Waals surface area (Å²) in [6.07, 6.45) is 7.04. The minimum atomic E-state index is -3.13. The molecule has 3 amide bonds. The lowest BCUT2D eigenvalue weighted by atomic mass is 10.0. The fraction of sp³-hybridized carbons (Fsp3) is 0.609. The van der Waals surface area contributed by atoms with Crippen LogP contribution in [0.4, 0.5) is 0 Å². The summed E-state index contributed by atoms with van der Waals surface area (Å²) in [7, 11) is -3.13. The maximum Gasteiger partial charge on any atom is 0.261 e. The molecule has 1 aliphatic carbocycles. The van der Waals surface area contributed by atoms with Gasteiger partial charge in [-0.15, -0.1) is 0 Å². The van der Waals surface area contributed by atoms with Crippen LogP contribution in [0.25, 0.3) is 0 Å². The van der Waals surface area contributed by atoms with Gasteiger partial charge in [-0.05, 0) is 37.8 Å². The summed E-state index contributed by atoms with van der Waals surface area (Å²) >= 11 is 0. The number of carbonyl (C=O) groups is 3. The van der Waals surface area contributed by atoms with Crippen molar-refractivity contribution in [2.75, 3.05) is 19.6 Å². The number of benzene rings is 1. The van der Waals surface area contributed by atoms with Crippen molar-refractivity contribution < 1.29 is 22.8 Å². The van der Waals surface area contributed by atoms with Gasteiger partial charge in [0.1, 0.15) is 0 Å². The predicted octanol–water partition coefficient (Wildman–Crippen LogP) is 2.80. The Balaban J connectivity index is 1.15. The van der Waals surface area contributed by atoms with Crippen LogP contribution in [0, 0.1) is 0 Å². The van der Waals surface area contributed by atoms with E-state index < -0.39 is 15.1 Å². The second kappa shape index (κ2) is 9.10. The maximum absolute atomic E-state index is 12.7. The molecule has 31 heavy (non-hydrogen) atoms. The van der Waals surface area contributed by atoms with E-state index in [1.54, 1.807) is 29.2 Å². The molecule has 8 heteroatoms. The number of carbonyl (C=O) groups excluding carboxylic acids is 3. The SMILES string of the molecule is O=C(CCCCCN1C(=O)c2ccccc2C1=O)N1CC(S(=O)(=O)C2CCCCC2)C1. The molecule has 0 radical (unpaired) electrons. The zero-order chi connectivity index (χ0) is 22.0. The molecular weight excluding hydrogens is 416 g/mol. The smallest absolute Gasteiger partial charge is 0.261 e. The summed E-state index contributed by atoms with van der Waals surface area (Å²) in [5.41, 5.74) is 0.913. The third kappa shape index (κ3) is 4.40. The molecule has 0 aromatic heterocycles. The molecule has 168 valence electrons. The number of fused-ring (bicyclic) bond motifs is 1. The Morgan fingerprint density at radius 1 is 0.871 bits per heavy atom. The van der Waals surface area contributed by atoms with E-state index in [-0.39, 0.29) is 23.0 Å². The Bertz CT molecular complexity index is 927. The lowest BCUT2D eigenvalue weighted by Gasteiger charge is -2.41. The van der Waals surface area contributed by atoms with Crippen LogP contribution in [0.5, 0.6) is 0 Å². The predicted molar refractivity (Wildman–Crippen MR) is 116 cm³/mol. The van der Waals surface area contributed by atoms with Crippen LogP contribution >= 0.6 is 0 Å². The van der Waals surface area contributed by atoms with E-state index >= 15 is 0 Å². The molecule has 1 saturated heterocycles. The first-order chi connectivity index (χ1) is 14.9. The normalized spacial score (nSPS) is 20.1. The molecule has 3 aliphatic rings. The molecule has 1 aromatic carbocycles. The zero-order valence-corrected chi connectivity index (χ0v) is 18.6. The fourth-order valence-electron chi connectivity index (χ4n) is 4.84. The van der Waals surface area contributed by atoms with E-state index in [2.05, 4.69) is 0 Å². The van der Waals surface area contributed by atoms with Gasteiger partial charge in [0, 0.05) is 26.1 Å².